The summed E-state index contributed by atoms with van der Waals surface area (Å²) in [6.07, 6.45) is 3.52. The number of aromatic nitrogens is 1. The smallest absolute Gasteiger partial charge is 0.270 e. The molecule has 182 valence electrons. The summed E-state index contributed by atoms with van der Waals surface area (Å²) in [5.74, 6) is -0.653. The summed E-state index contributed by atoms with van der Waals surface area (Å²) in [4.78, 5) is 27.8. The minimum Gasteiger partial charge on any atom is -0.342 e. The van der Waals surface area contributed by atoms with Gasteiger partial charge in [0.2, 0.25) is 0 Å². The lowest BCUT2D eigenvalue weighted by atomic mass is 10.0. The summed E-state index contributed by atoms with van der Waals surface area (Å²) in [7, 11) is 0. The van der Waals surface area contributed by atoms with E-state index >= 15 is 0 Å². The molecule has 37 heavy (non-hydrogen) atoms. The average Bonchev–Trinajstić information content (AvgIpc) is 3.24. The molecule has 6 nitrogen and oxygen atoms in total. The average molecular weight is 505 g/mol. The second-order valence-electron chi connectivity index (χ2n) is 9.20. The molecule has 7 heteroatoms. The maximum atomic E-state index is 13.6. The molecule has 0 bridgehead atoms. The van der Waals surface area contributed by atoms with Crippen LogP contribution in [0.3, 0.4) is 0 Å². The first kappa shape index (κ1) is 24.2. The van der Waals surface area contributed by atoms with E-state index in [1.807, 2.05) is 77.5 Å². The van der Waals surface area contributed by atoms with E-state index in [9.17, 15) is 14.9 Å². The topological polar surface area (TPSA) is 78.1 Å². The molecule has 2 heterocycles. The van der Waals surface area contributed by atoms with Crippen molar-refractivity contribution in [3.63, 3.8) is 0 Å². The fourth-order valence-corrected chi connectivity index (χ4v) is 4.81. The van der Waals surface area contributed by atoms with Crippen LogP contribution >= 0.6 is 12.2 Å². The van der Waals surface area contributed by atoms with Crippen LogP contribution < -0.4 is 10.2 Å². The minimum atomic E-state index is -0.531. The summed E-state index contributed by atoms with van der Waals surface area (Å²) in [5, 5.41) is 13.1. The van der Waals surface area contributed by atoms with Crippen LogP contribution in [0.1, 0.15) is 42.0 Å². The van der Waals surface area contributed by atoms with Gasteiger partial charge in [0.15, 0.2) is 5.11 Å². The summed E-state index contributed by atoms with van der Waals surface area (Å²) < 4.78 is 2.02. The summed E-state index contributed by atoms with van der Waals surface area (Å²) >= 11 is 5.36. The van der Waals surface area contributed by atoms with Crippen LogP contribution in [0, 0.1) is 11.3 Å². The van der Waals surface area contributed by atoms with E-state index in [0.29, 0.717) is 23.7 Å². The van der Waals surface area contributed by atoms with Crippen LogP contribution in [0.4, 0.5) is 5.69 Å². The quantitative estimate of drug-likeness (QED) is 0.221. The zero-order chi connectivity index (χ0) is 26.1. The highest BCUT2D eigenvalue weighted by Crippen LogP contribution is 2.28. The lowest BCUT2D eigenvalue weighted by Gasteiger charge is -2.29. The summed E-state index contributed by atoms with van der Waals surface area (Å²) in [6.45, 7) is 4.68. The number of amides is 2. The standard InChI is InChI=1S/C30H24N4O2S/c1-19(2)20-11-13-24(14-12-20)34-29(36)26(28(35)32-30(34)37)15-23-18-33(27-10-6-5-9-25(23)27)17-22-8-4-3-7-21(22)16-31/h3-15,18-19H,17H2,1-2H3,(H,32,35,37)/b26-15+. The molecule has 1 aromatic heterocycles. The zero-order valence-corrected chi connectivity index (χ0v) is 21.3. The molecule has 0 atom stereocenters. The Hall–Kier alpha value is -4.54. The molecule has 1 aliphatic rings. The number of hydrogen-bond donors (Lipinski definition) is 1. The lowest BCUT2D eigenvalue weighted by molar-refractivity contribution is -0.122. The zero-order valence-electron chi connectivity index (χ0n) is 20.4. The van der Waals surface area contributed by atoms with Gasteiger partial charge >= 0.3 is 0 Å². The maximum Gasteiger partial charge on any atom is 0.270 e. The van der Waals surface area contributed by atoms with Gasteiger partial charge in [0.05, 0.1) is 17.3 Å². The highest BCUT2D eigenvalue weighted by atomic mass is 32.1. The molecule has 0 saturated carbocycles. The molecule has 2 amide bonds. The molecule has 1 aliphatic heterocycles. The van der Waals surface area contributed by atoms with Crippen molar-refractivity contribution in [1.29, 1.82) is 5.26 Å². The number of para-hydroxylation sites is 1. The van der Waals surface area contributed by atoms with E-state index in [4.69, 9.17) is 12.2 Å². The Morgan fingerprint density at radius 1 is 1.00 bits per heavy atom. The van der Waals surface area contributed by atoms with Gasteiger partial charge in [-0.15, -0.1) is 0 Å². The number of carbonyl (C=O) groups excluding carboxylic acids is 2. The van der Waals surface area contributed by atoms with Crippen molar-refractivity contribution in [3.05, 3.63) is 107 Å². The number of benzene rings is 3. The van der Waals surface area contributed by atoms with Crippen LogP contribution in [-0.2, 0) is 16.1 Å². The Morgan fingerprint density at radius 3 is 2.43 bits per heavy atom. The molecule has 4 aromatic rings. The van der Waals surface area contributed by atoms with Gasteiger partial charge in [0, 0.05) is 29.2 Å². The fraction of sp³-hybridized carbons (Fsp3) is 0.133. The van der Waals surface area contributed by atoms with Crippen molar-refractivity contribution in [2.75, 3.05) is 4.90 Å². The Balaban J connectivity index is 1.55. The molecular weight excluding hydrogens is 480 g/mol. The number of rotatable bonds is 5. The first-order valence-electron chi connectivity index (χ1n) is 11.9. The first-order valence-corrected chi connectivity index (χ1v) is 12.4. The SMILES string of the molecule is CC(C)c1ccc(N2C(=O)/C(=C/c3cn(Cc4ccccc4C#N)c4ccccc34)C(=O)NC2=S)cc1. The Labute approximate surface area is 220 Å². The molecule has 0 aliphatic carbocycles. The van der Waals surface area contributed by atoms with Crippen LogP contribution in [0.15, 0.2) is 84.6 Å². The van der Waals surface area contributed by atoms with Gasteiger partial charge in [-0.3, -0.25) is 19.8 Å². The monoisotopic (exact) mass is 504 g/mol. The number of thiocarbonyl (C=S) groups is 1. The van der Waals surface area contributed by atoms with Gasteiger partial charge in [0.1, 0.15) is 5.57 Å². The van der Waals surface area contributed by atoms with Gasteiger partial charge < -0.3 is 4.57 Å². The van der Waals surface area contributed by atoms with Gasteiger partial charge in [-0.05, 0) is 59.6 Å². The first-order chi connectivity index (χ1) is 17.9. The number of nitrogens with zero attached hydrogens (tertiary/aromatic N) is 3. The second-order valence-corrected chi connectivity index (χ2v) is 9.59. The van der Waals surface area contributed by atoms with Crippen molar-refractivity contribution in [2.45, 2.75) is 26.3 Å². The van der Waals surface area contributed by atoms with E-state index < -0.39 is 11.8 Å². The fourth-order valence-electron chi connectivity index (χ4n) is 4.53. The van der Waals surface area contributed by atoms with Gasteiger partial charge in [-0.25, -0.2) is 0 Å². The van der Waals surface area contributed by atoms with E-state index in [2.05, 4.69) is 25.2 Å². The number of nitriles is 1. The molecule has 0 spiro atoms. The summed E-state index contributed by atoms with van der Waals surface area (Å²) in [6, 6.07) is 25.1. The molecule has 1 fully saturated rings. The van der Waals surface area contributed by atoms with Gasteiger partial charge in [-0.1, -0.05) is 62.4 Å². The van der Waals surface area contributed by atoms with Crippen molar-refractivity contribution in [1.82, 2.24) is 9.88 Å². The molecule has 3 aromatic carbocycles. The minimum absolute atomic E-state index is 0.00173. The Morgan fingerprint density at radius 2 is 1.70 bits per heavy atom. The number of hydrogen-bond acceptors (Lipinski definition) is 4. The van der Waals surface area contributed by atoms with E-state index in [1.54, 1.807) is 12.1 Å². The predicted molar refractivity (Wildman–Crippen MR) is 149 cm³/mol. The third-order valence-electron chi connectivity index (χ3n) is 6.52. The normalized spacial score (nSPS) is 14.9. The lowest BCUT2D eigenvalue weighted by Crippen LogP contribution is -2.54. The summed E-state index contributed by atoms with van der Waals surface area (Å²) in [5.41, 5.74) is 4.90. The van der Waals surface area contributed by atoms with Gasteiger partial charge in [0.25, 0.3) is 11.8 Å². The molecule has 0 radical (unpaired) electrons. The number of carbonyl (C=O) groups is 2. The second kappa shape index (κ2) is 9.84. The third-order valence-corrected chi connectivity index (χ3v) is 6.80. The van der Waals surface area contributed by atoms with Crippen molar-refractivity contribution >= 4 is 51.8 Å². The van der Waals surface area contributed by atoms with Crippen molar-refractivity contribution < 1.29 is 9.59 Å². The largest absolute Gasteiger partial charge is 0.342 e. The van der Waals surface area contributed by atoms with Crippen LogP contribution in [0.25, 0.3) is 17.0 Å². The molecule has 0 unspecified atom stereocenters. The highest BCUT2D eigenvalue weighted by Gasteiger charge is 2.34. The van der Waals surface area contributed by atoms with Crippen LogP contribution in [0.5, 0.6) is 0 Å². The van der Waals surface area contributed by atoms with Crippen LogP contribution in [0.2, 0.25) is 0 Å². The molecular formula is C30H24N4O2S. The molecule has 1 saturated heterocycles. The Kier molecular flexibility index (Phi) is 6.43. The van der Waals surface area contributed by atoms with Crippen molar-refractivity contribution in [3.8, 4) is 6.07 Å². The third kappa shape index (κ3) is 4.55. The van der Waals surface area contributed by atoms with Crippen molar-refractivity contribution in [2.24, 2.45) is 0 Å². The number of nitrogens with one attached hydrogen (secondary N) is 1. The molecule has 5 rings (SSSR count). The van der Waals surface area contributed by atoms with E-state index in [-0.39, 0.29) is 10.7 Å². The number of anilines is 1. The number of fused-ring (bicyclic) bond motifs is 1. The maximum absolute atomic E-state index is 13.6. The predicted octanol–water partition coefficient (Wildman–Crippen LogP) is 5.52. The highest BCUT2D eigenvalue weighted by molar-refractivity contribution is 7.80. The van der Waals surface area contributed by atoms with E-state index in [1.165, 1.54) is 4.90 Å². The molecule has 1 N–H and O–H groups in total. The van der Waals surface area contributed by atoms with Crippen LogP contribution in [-0.4, -0.2) is 21.5 Å². The Bertz CT molecular complexity index is 1620. The van der Waals surface area contributed by atoms with E-state index in [0.717, 1.165) is 27.6 Å². The van der Waals surface area contributed by atoms with Gasteiger partial charge in [-0.2, -0.15) is 5.26 Å².